The van der Waals surface area contributed by atoms with Crippen molar-refractivity contribution in [1.82, 2.24) is 0 Å². The molecule has 0 aliphatic rings. The number of hydrogen-bond acceptors (Lipinski definition) is 4. The number of hydrogen-bond donors (Lipinski definition) is 2. The van der Waals surface area contributed by atoms with Gasteiger partial charge in [0, 0.05) is 16.8 Å². The van der Waals surface area contributed by atoms with Crippen LogP contribution in [0.4, 0.5) is 5.69 Å². The summed E-state index contributed by atoms with van der Waals surface area (Å²) in [6.45, 7) is 2.20. The molecule has 0 saturated carbocycles. The monoisotopic (exact) mass is 314 g/mol. The summed E-state index contributed by atoms with van der Waals surface area (Å²) in [7, 11) is 0. The van der Waals surface area contributed by atoms with Crippen molar-refractivity contribution in [2.24, 2.45) is 0 Å². The Morgan fingerprint density at radius 3 is 2.88 bits per heavy atom. The molecule has 1 aromatic rings. The first-order chi connectivity index (χ1) is 7.98. The minimum absolute atomic E-state index is 0.421. The lowest BCUT2D eigenvalue weighted by Crippen LogP contribution is -2.36. The third-order valence-electron chi connectivity index (χ3n) is 2.22. The van der Waals surface area contributed by atoms with E-state index in [1.165, 1.54) is 0 Å². The second kappa shape index (κ2) is 6.29. The Morgan fingerprint density at radius 2 is 2.29 bits per heavy atom. The molecule has 5 heteroatoms. The van der Waals surface area contributed by atoms with Crippen molar-refractivity contribution in [3.05, 3.63) is 28.2 Å². The van der Waals surface area contributed by atoms with E-state index in [0.29, 0.717) is 17.9 Å². The third kappa shape index (κ3) is 4.58. The van der Waals surface area contributed by atoms with Crippen LogP contribution in [0, 0.1) is 11.3 Å². The summed E-state index contributed by atoms with van der Waals surface area (Å²) >= 11 is 4.91. The molecule has 0 bridgehead atoms. The van der Waals surface area contributed by atoms with Crippen LogP contribution < -0.4 is 5.32 Å². The zero-order chi connectivity index (χ0) is 12.9. The Kier molecular flexibility index (Phi) is 5.31. The Bertz CT molecular complexity index is 429. The van der Waals surface area contributed by atoms with Crippen LogP contribution in [0.25, 0.3) is 0 Å². The molecule has 3 nitrogen and oxygen atoms in total. The van der Waals surface area contributed by atoms with Crippen LogP contribution in [-0.2, 0) is 0 Å². The molecule has 0 radical (unpaired) electrons. The molecule has 0 heterocycles. The second-order valence-corrected chi connectivity index (χ2v) is 5.87. The van der Waals surface area contributed by atoms with Gasteiger partial charge < -0.3 is 10.4 Å². The maximum Gasteiger partial charge on any atom is 0.101 e. The van der Waals surface area contributed by atoms with Crippen molar-refractivity contribution in [3.8, 4) is 6.07 Å². The molecule has 0 spiro atoms. The second-order valence-electron chi connectivity index (χ2n) is 4.09. The highest BCUT2D eigenvalue weighted by Crippen LogP contribution is 2.21. The number of nitrogens with one attached hydrogen (secondary N) is 1. The molecule has 2 N–H and O–H groups in total. The van der Waals surface area contributed by atoms with E-state index >= 15 is 0 Å². The van der Waals surface area contributed by atoms with Gasteiger partial charge in [0.25, 0.3) is 0 Å². The summed E-state index contributed by atoms with van der Waals surface area (Å²) in [5.74, 6) is 0.651. The highest BCUT2D eigenvalue weighted by Gasteiger charge is 2.19. The highest BCUT2D eigenvalue weighted by molar-refractivity contribution is 9.10. The highest BCUT2D eigenvalue weighted by atomic mass is 79.9. The maximum absolute atomic E-state index is 10.0. The standard InChI is InChI=1S/C12H15BrN2OS/c1-12(16,8-17-2)7-15-11-4-3-10(13)5-9(11)6-14/h3-5,15-16H,7-8H2,1-2H3. The Hall–Kier alpha value is -0.700. The van der Waals surface area contributed by atoms with Crippen LogP contribution in [-0.4, -0.2) is 29.3 Å². The zero-order valence-corrected chi connectivity index (χ0v) is 12.2. The van der Waals surface area contributed by atoms with E-state index in [4.69, 9.17) is 5.26 Å². The fourth-order valence-corrected chi connectivity index (χ4v) is 2.50. The first-order valence-corrected chi connectivity index (χ1v) is 7.32. The van der Waals surface area contributed by atoms with Crippen LogP contribution >= 0.6 is 27.7 Å². The Labute approximate surface area is 114 Å². The fourth-order valence-electron chi connectivity index (χ4n) is 1.41. The van der Waals surface area contributed by atoms with E-state index in [2.05, 4.69) is 27.3 Å². The predicted octanol–water partition coefficient (Wildman–Crippen LogP) is 2.85. The summed E-state index contributed by atoms with van der Waals surface area (Å²) in [6, 6.07) is 7.58. The molecule has 0 saturated heterocycles. The number of nitriles is 1. The van der Waals surface area contributed by atoms with Gasteiger partial charge in [-0.2, -0.15) is 17.0 Å². The van der Waals surface area contributed by atoms with Crippen molar-refractivity contribution in [2.45, 2.75) is 12.5 Å². The van der Waals surface area contributed by atoms with Crippen LogP contribution in [0.1, 0.15) is 12.5 Å². The van der Waals surface area contributed by atoms with E-state index in [-0.39, 0.29) is 0 Å². The van der Waals surface area contributed by atoms with Crippen molar-refractivity contribution >= 4 is 33.4 Å². The molecule has 1 unspecified atom stereocenters. The molecule has 1 rings (SSSR count). The lowest BCUT2D eigenvalue weighted by atomic mass is 10.1. The predicted molar refractivity (Wildman–Crippen MR) is 76.4 cm³/mol. The summed E-state index contributed by atoms with van der Waals surface area (Å²) in [5.41, 5.74) is 0.538. The molecule has 0 fully saturated rings. The Balaban J connectivity index is 2.73. The largest absolute Gasteiger partial charge is 0.387 e. The molecule has 1 aromatic carbocycles. The van der Waals surface area contributed by atoms with Crippen molar-refractivity contribution in [2.75, 3.05) is 23.9 Å². The molecule has 92 valence electrons. The van der Waals surface area contributed by atoms with Gasteiger partial charge in [-0.25, -0.2) is 0 Å². The van der Waals surface area contributed by atoms with E-state index in [1.54, 1.807) is 24.8 Å². The summed E-state index contributed by atoms with van der Waals surface area (Å²) in [6.07, 6.45) is 1.95. The first-order valence-electron chi connectivity index (χ1n) is 5.13. The molecule has 0 aliphatic carbocycles. The van der Waals surface area contributed by atoms with Crippen molar-refractivity contribution in [3.63, 3.8) is 0 Å². The first kappa shape index (κ1) is 14.4. The maximum atomic E-state index is 10.0. The third-order valence-corrected chi connectivity index (χ3v) is 3.62. The van der Waals surface area contributed by atoms with Crippen LogP contribution in [0.5, 0.6) is 0 Å². The van der Waals surface area contributed by atoms with E-state index in [0.717, 1.165) is 10.2 Å². The number of halogens is 1. The quantitative estimate of drug-likeness (QED) is 0.877. The van der Waals surface area contributed by atoms with Crippen LogP contribution in [0.15, 0.2) is 22.7 Å². The summed E-state index contributed by atoms with van der Waals surface area (Å²) in [4.78, 5) is 0. The van der Waals surface area contributed by atoms with Gasteiger partial charge in [-0.3, -0.25) is 0 Å². The van der Waals surface area contributed by atoms with Gasteiger partial charge in [-0.05, 0) is 31.4 Å². The average Bonchev–Trinajstić information content (AvgIpc) is 2.27. The number of benzene rings is 1. The van der Waals surface area contributed by atoms with Gasteiger partial charge in [0.2, 0.25) is 0 Å². The normalized spacial score (nSPS) is 13.8. The Morgan fingerprint density at radius 1 is 1.59 bits per heavy atom. The van der Waals surface area contributed by atoms with E-state index < -0.39 is 5.60 Å². The molecule has 0 aliphatic heterocycles. The SMILES string of the molecule is CSCC(C)(O)CNc1ccc(Br)cc1C#N. The molecular weight excluding hydrogens is 300 g/mol. The van der Waals surface area contributed by atoms with E-state index in [9.17, 15) is 5.11 Å². The minimum Gasteiger partial charge on any atom is -0.387 e. The number of thioether (sulfide) groups is 1. The zero-order valence-electron chi connectivity index (χ0n) is 9.83. The smallest absolute Gasteiger partial charge is 0.101 e. The average molecular weight is 315 g/mol. The van der Waals surface area contributed by atoms with Gasteiger partial charge >= 0.3 is 0 Å². The number of nitrogens with zero attached hydrogens (tertiary/aromatic N) is 1. The molecule has 1 atom stereocenters. The van der Waals surface area contributed by atoms with Gasteiger partial charge in [0.05, 0.1) is 16.9 Å². The van der Waals surface area contributed by atoms with Gasteiger partial charge in [0.15, 0.2) is 0 Å². The summed E-state index contributed by atoms with van der Waals surface area (Å²) in [5, 5.41) is 22.1. The van der Waals surface area contributed by atoms with Crippen molar-refractivity contribution < 1.29 is 5.11 Å². The van der Waals surface area contributed by atoms with Gasteiger partial charge in [-0.15, -0.1) is 0 Å². The summed E-state index contributed by atoms with van der Waals surface area (Å²) < 4.78 is 0.871. The van der Waals surface area contributed by atoms with Crippen LogP contribution in [0.3, 0.4) is 0 Å². The van der Waals surface area contributed by atoms with Crippen molar-refractivity contribution in [1.29, 1.82) is 5.26 Å². The lowest BCUT2D eigenvalue weighted by Gasteiger charge is -2.23. The minimum atomic E-state index is -0.779. The van der Waals surface area contributed by atoms with Crippen LogP contribution in [0.2, 0.25) is 0 Å². The van der Waals surface area contributed by atoms with Gasteiger partial charge in [0.1, 0.15) is 6.07 Å². The van der Waals surface area contributed by atoms with E-state index in [1.807, 2.05) is 18.4 Å². The molecule has 0 amide bonds. The number of rotatable bonds is 5. The lowest BCUT2D eigenvalue weighted by molar-refractivity contribution is 0.0997. The molecule has 0 aromatic heterocycles. The molecular formula is C12H15BrN2OS. The fraction of sp³-hybridized carbons (Fsp3) is 0.417. The molecule has 17 heavy (non-hydrogen) atoms. The number of anilines is 1. The van der Waals surface area contributed by atoms with Gasteiger partial charge in [-0.1, -0.05) is 15.9 Å². The number of aliphatic hydroxyl groups is 1. The topological polar surface area (TPSA) is 56.0 Å².